The van der Waals surface area contributed by atoms with Crippen molar-refractivity contribution in [3.8, 4) is 11.5 Å². The van der Waals surface area contributed by atoms with Crippen LogP contribution in [-0.2, 0) is 4.74 Å². The minimum atomic E-state index is -0.384. The number of carbonyl (C=O) groups excluding carboxylic acids is 1. The number of benzene rings is 4. The highest BCUT2D eigenvalue weighted by atomic mass is 16.5. The number of ether oxygens (including phenoxy) is 2. The van der Waals surface area contributed by atoms with Crippen LogP contribution in [0.1, 0.15) is 24.2 Å². The highest BCUT2D eigenvalue weighted by Crippen LogP contribution is 2.30. The van der Waals surface area contributed by atoms with Gasteiger partial charge >= 0.3 is 5.97 Å². The first-order valence-electron chi connectivity index (χ1n) is 12.6. The molecular weight excluding hydrogens is 490 g/mol. The Morgan fingerprint density at radius 3 is 2.08 bits per heavy atom. The van der Waals surface area contributed by atoms with Crippen LogP contribution in [0.25, 0.3) is 10.9 Å². The summed E-state index contributed by atoms with van der Waals surface area (Å²) in [5, 5.41) is 11.0. The maximum absolute atomic E-state index is 11.8. The van der Waals surface area contributed by atoms with Crippen LogP contribution < -0.4 is 20.7 Å². The van der Waals surface area contributed by atoms with Gasteiger partial charge in [0.05, 0.1) is 18.2 Å². The molecule has 0 saturated heterocycles. The van der Waals surface area contributed by atoms with Gasteiger partial charge in [-0.05, 0) is 92.7 Å². The van der Waals surface area contributed by atoms with E-state index in [1.54, 1.807) is 12.1 Å². The summed E-state index contributed by atoms with van der Waals surface area (Å²) < 4.78 is 10.7. The Bertz CT molecular complexity index is 1570. The van der Waals surface area contributed by atoms with Gasteiger partial charge in [0.15, 0.2) is 0 Å². The molecule has 0 fully saturated rings. The van der Waals surface area contributed by atoms with Crippen LogP contribution >= 0.6 is 0 Å². The van der Waals surface area contributed by atoms with E-state index in [9.17, 15) is 4.79 Å². The molecule has 3 N–H and O–H groups in total. The van der Waals surface area contributed by atoms with E-state index < -0.39 is 0 Å². The van der Waals surface area contributed by atoms with Gasteiger partial charge in [-0.2, -0.15) is 4.98 Å². The standard InChI is InChI=1S/C31H29N5O3/c1-20(2)32-24-15-18-28-27(19-24)29(33-22-11-9-21(10-12-22)30(37)38-3)36-31(35-28)34-23-13-16-26(17-14-23)39-25-7-5-4-6-8-25/h4-20,32H,1-3H3,(H2,33,34,35,36). The number of nitrogens with zero attached hydrogens (tertiary/aromatic N) is 2. The van der Waals surface area contributed by atoms with Crippen molar-refractivity contribution in [2.45, 2.75) is 19.9 Å². The van der Waals surface area contributed by atoms with Crippen LogP contribution in [0.4, 0.5) is 28.8 Å². The van der Waals surface area contributed by atoms with Gasteiger partial charge < -0.3 is 25.4 Å². The first kappa shape index (κ1) is 25.5. The van der Waals surface area contributed by atoms with E-state index in [0.29, 0.717) is 17.3 Å². The summed E-state index contributed by atoms with van der Waals surface area (Å²) in [6.45, 7) is 4.18. The number of carbonyl (C=O) groups is 1. The van der Waals surface area contributed by atoms with Crippen LogP contribution in [0.3, 0.4) is 0 Å². The topological polar surface area (TPSA) is 97.4 Å². The molecule has 0 aliphatic carbocycles. The minimum absolute atomic E-state index is 0.278. The summed E-state index contributed by atoms with van der Waals surface area (Å²) in [4.78, 5) is 21.4. The lowest BCUT2D eigenvalue weighted by molar-refractivity contribution is 0.0600. The summed E-state index contributed by atoms with van der Waals surface area (Å²) in [7, 11) is 1.36. The fourth-order valence-electron chi connectivity index (χ4n) is 4.01. The van der Waals surface area contributed by atoms with Crippen molar-refractivity contribution in [1.29, 1.82) is 0 Å². The van der Waals surface area contributed by atoms with Gasteiger partial charge in [-0.15, -0.1) is 0 Å². The molecule has 0 aliphatic rings. The van der Waals surface area contributed by atoms with Crippen LogP contribution in [0.15, 0.2) is 97.1 Å². The molecule has 0 saturated carbocycles. The molecule has 39 heavy (non-hydrogen) atoms. The van der Waals surface area contributed by atoms with Gasteiger partial charge in [-0.25, -0.2) is 9.78 Å². The number of hydrogen-bond donors (Lipinski definition) is 3. The molecule has 0 bridgehead atoms. The van der Waals surface area contributed by atoms with E-state index in [1.165, 1.54) is 7.11 Å². The molecule has 1 aromatic heterocycles. The number of esters is 1. The van der Waals surface area contributed by atoms with Crippen molar-refractivity contribution in [2.24, 2.45) is 0 Å². The Morgan fingerprint density at radius 1 is 0.744 bits per heavy atom. The van der Waals surface area contributed by atoms with Gasteiger partial charge in [0.1, 0.15) is 17.3 Å². The Balaban J connectivity index is 1.43. The molecule has 5 aromatic rings. The minimum Gasteiger partial charge on any atom is -0.465 e. The van der Waals surface area contributed by atoms with Crippen LogP contribution in [-0.4, -0.2) is 29.1 Å². The molecule has 5 rings (SSSR count). The van der Waals surface area contributed by atoms with Crippen LogP contribution in [0.2, 0.25) is 0 Å². The van der Waals surface area contributed by atoms with Gasteiger partial charge in [-0.1, -0.05) is 18.2 Å². The number of anilines is 5. The molecule has 8 heteroatoms. The average molecular weight is 520 g/mol. The normalized spacial score (nSPS) is 10.8. The molecule has 0 atom stereocenters. The lowest BCUT2D eigenvalue weighted by atomic mass is 10.1. The third-order valence-corrected chi connectivity index (χ3v) is 5.81. The zero-order valence-corrected chi connectivity index (χ0v) is 21.9. The monoisotopic (exact) mass is 519 g/mol. The lowest BCUT2D eigenvalue weighted by Crippen LogP contribution is -2.09. The van der Waals surface area contributed by atoms with E-state index in [0.717, 1.165) is 39.5 Å². The summed E-state index contributed by atoms with van der Waals surface area (Å²) >= 11 is 0. The largest absolute Gasteiger partial charge is 0.465 e. The Hall–Kier alpha value is -5.11. The van der Waals surface area contributed by atoms with Crippen molar-refractivity contribution in [3.63, 3.8) is 0 Å². The number of rotatable bonds is 9. The van der Waals surface area contributed by atoms with E-state index in [-0.39, 0.29) is 12.0 Å². The summed E-state index contributed by atoms with van der Waals surface area (Å²) in [5.74, 6) is 2.19. The SMILES string of the molecule is COC(=O)c1ccc(Nc2nc(Nc3ccc(Oc4ccccc4)cc3)nc3ccc(NC(C)C)cc23)cc1. The molecule has 0 spiro atoms. The van der Waals surface area contributed by atoms with Gasteiger partial charge in [0, 0.05) is 28.5 Å². The van der Waals surface area contributed by atoms with Crippen molar-refractivity contribution < 1.29 is 14.3 Å². The average Bonchev–Trinajstić information content (AvgIpc) is 2.95. The summed E-state index contributed by atoms with van der Waals surface area (Å²) in [6.07, 6.45) is 0. The summed E-state index contributed by atoms with van der Waals surface area (Å²) in [6, 6.07) is 30.6. The predicted molar refractivity (Wildman–Crippen MR) is 156 cm³/mol. The van der Waals surface area contributed by atoms with Crippen LogP contribution in [0, 0.1) is 0 Å². The van der Waals surface area contributed by atoms with Crippen LogP contribution in [0.5, 0.6) is 11.5 Å². The molecule has 1 heterocycles. The predicted octanol–water partition coefficient (Wildman–Crippen LogP) is 7.52. The molecule has 4 aromatic carbocycles. The second kappa shape index (κ2) is 11.5. The third kappa shape index (κ3) is 6.42. The Morgan fingerprint density at radius 2 is 1.38 bits per heavy atom. The number of para-hydroxylation sites is 1. The fourth-order valence-corrected chi connectivity index (χ4v) is 4.01. The first-order chi connectivity index (χ1) is 19.0. The van der Waals surface area contributed by atoms with Crippen molar-refractivity contribution in [1.82, 2.24) is 9.97 Å². The zero-order valence-electron chi connectivity index (χ0n) is 21.9. The van der Waals surface area contributed by atoms with E-state index in [2.05, 4.69) is 29.8 Å². The Kier molecular flexibility index (Phi) is 7.54. The van der Waals surface area contributed by atoms with Crippen molar-refractivity contribution in [2.75, 3.05) is 23.1 Å². The first-order valence-corrected chi connectivity index (χ1v) is 12.6. The smallest absolute Gasteiger partial charge is 0.337 e. The number of aromatic nitrogens is 2. The Labute approximate surface area is 227 Å². The molecule has 8 nitrogen and oxygen atoms in total. The maximum Gasteiger partial charge on any atom is 0.337 e. The molecular formula is C31H29N5O3. The molecule has 0 radical (unpaired) electrons. The second-order valence-corrected chi connectivity index (χ2v) is 9.19. The molecule has 196 valence electrons. The highest BCUT2D eigenvalue weighted by molar-refractivity contribution is 5.95. The number of fused-ring (bicyclic) bond motifs is 1. The maximum atomic E-state index is 11.8. The number of nitrogens with one attached hydrogen (secondary N) is 3. The van der Waals surface area contributed by atoms with Gasteiger partial charge in [0.2, 0.25) is 5.95 Å². The second-order valence-electron chi connectivity index (χ2n) is 9.19. The fraction of sp³-hybridized carbons (Fsp3) is 0.129. The van der Waals surface area contributed by atoms with E-state index in [4.69, 9.17) is 19.4 Å². The molecule has 0 aliphatic heterocycles. The number of methoxy groups -OCH3 is 1. The quantitative estimate of drug-likeness (QED) is 0.172. The van der Waals surface area contributed by atoms with E-state index >= 15 is 0 Å². The highest BCUT2D eigenvalue weighted by Gasteiger charge is 2.12. The van der Waals surface area contributed by atoms with Gasteiger partial charge in [-0.3, -0.25) is 0 Å². The van der Waals surface area contributed by atoms with E-state index in [1.807, 2.05) is 84.9 Å². The zero-order chi connectivity index (χ0) is 27.2. The lowest BCUT2D eigenvalue weighted by Gasteiger charge is -2.15. The number of hydrogen-bond acceptors (Lipinski definition) is 8. The van der Waals surface area contributed by atoms with Gasteiger partial charge in [0.25, 0.3) is 0 Å². The summed E-state index contributed by atoms with van der Waals surface area (Å²) in [5.41, 5.74) is 3.82. The van der Waals surface area contributed by atoms with Crippen molar-refractivity contribution in [3.05, 3.63) is 103 Å². The molecule has 0 unspecified atom stereocenters. The third-order valence-electron chi connectivity index (χ3n) is 5.81. The van der Waals surface area contributed by atoms with Crippen molar-refractivity contribution >= 4 is 45.7 Å². The molecule has 0 amide bonds.